The van der Waals surface area contributed by atoms with Crippen molar-refractivity contribution in [3.8, 4) is 33.5 Å². The van der Waals surface area contributed by atoms with Gasteiger partial charge >= 0.3 is 0 Å². The van der Waals surface area contributed by atoms with Crippen LogP contribution in [0.15, 0.2) is 152 Å². The summed E-state index contributed by atoms with van der Waals surface area (Å²) in [5, 5.41) is 7.52. The molecule has 9 rings (SSSR count). The molecule has 234 valence electrons. The minimum atomic E-state index is 0.246. The lowest BCUT2D eigenvalue weighted by atomic mass is 9.82. The second-order valence-corrected chi connectivity index (χ2v) is 13.8. The molecule has 0 radical (unpaired) electrons. The van der Waals surface area contributed by atoms with E-state index in [9.17, 15) is 0 Å². The molecule has 9 aromatic rings. The highest BCUT2D eigenvalue weighted by Gasteiger charge is 2.25. The second-order valence-electron chi connectivity index (χ2n) is 12.8. The Kier molecular flexibility index (Phi) is 7.29. The molecule has 0 bridgehead atoms. The topological polar surface area (TPSA) is 25.8 Å². The molecule has 0 aliphatic heterocycles. The predicted octanol–water partition coefficient (Wildman–Crippen LogP) is 13.0. The van der Waals surface area contributed by atoms with Gasteiger partial charge in [-0.3, -0.25) is 9.97 Å². The Morgan fingerprint density at radius 3 is 1.90 bits per heavy atom. The summed E-state index contributed by atoms with van der Waals surface area (Å²) >= 11 is 1.89. The van der Waals surface area contributed by atoms with Crippen LogP contribution in [0.5, 0.6) is 0 Å². The molecule has 1 unspecified atom stereocenters. The molecule has 0 spiro atoms. The van der Waals surface area contributed by atoms with E-state index in [1.165, 1.54) is 80.7 Å². The highest BCUT2D eigenvalue weighted by molar-refractivity contribution is 7.26. The van der Waals surface area contributed by atoms with Gasteiger partial charge in [-0.15, -0.1) is 11.3 Å². The SMILES string of the molecule is CCC(c1ccccc1)c1ccc2c(sc3ccccc32)c1-c1nccc(-c2c3ccccc3c(-c3cccnc3)c3ccccc23)c1C. The Bertz CT molecular complexity index is 2600. The molecule has 0 saturated carbocycles. The molecule has 0 fully saturated rings. The first-order valence-corrected chi connectivity index (χ1v) is 17.8. The maximum Gasteiger partial charge on any atom is 0.0754 e. The quantitative estimate of drug-likeness (QED) is 0.168. The van der Waals surface area contributed by atoms with E-state index in [1.54, 1.807) is 0 Å². The molecule has 2 nitrogen and oxygen atoms in total. The van der Waals surface area contributed by atoms with Gasteiger partial charge in [0.2, 0.25) is 0 Å². The lowest BCUT2D eigenvalue weighted by Gasteiger charge is -2.23. The van der Waals surface area contributed by atoms with E-state index in [-0.39, 0.29) is 5.92 Å². The first-order chi connectivity index (χ1) is 24.2. The fraction of sp³-hybridized carbons (Fsp3) is 0.0870. The number of thiophene rings is 1. The zero-order valence-electron chi connectivity index (χ0n) is 27.5. The van der Waals surface area contributed by atoms with Crippen LogP contribution >= 0.6 is 11.3 Å². The van der Waals surface area contributed by atoms with Gasteiger partial charge in [-0.25, -0.2) is 0 Å². The van der Waals surface area contributed by atoms with Crippen LogP contribution < -0.4 is 0 Å². The summed E-state index contributed by atoms with van der Waals surface area (Å²) in [4.78, 5) is 9.75. The van der Waals surface area contributed by atoms with Gasteiger partial charge in [0.1, 0.15) is 0 Å². The average Bonchev–Trinajstić information content (AvgIpc) is 3.54. The molecule has 0 saturated heterocycles. The standard InChI is InChI=1S/C46H34N2S/c1-3-32(30-14-5-4-6-15-30)39-23-24-40-34-17-11-12-22-41(34)49-46(40)44(39)45-29(2)33(25-27-48-45)43-37-20-9-7-18-35(37)42(31-16-13-26-47-28-31)36-19-8-10-21-38(36)43/h4-28,32H,3H2,1-2H3. The van der Waals surface area contributed by atoms with E-state index >= 15 is 0 Å². The van der Waals surface area contributed by atoms with Crippen LogP contribution in [-0.2, 0) is 0 Å². The number of hydrogen-bond donors (Lipinski definition) is 0. The lowest BCUT2D eigenvalue weighted by molar-refractivity contribution is 0.779. The van der Waals surface area contributed by atoms with Crippen LogP contribution in [-0.4, -0.2) is 9.97 Å². The van der Waals surface area contributed by atoms with Crippen molar-refractivity contribution in [2.24, 2.45) is 0 Å². The molecule has 49 heavy (non-hydrogen) atoms. The summed E-state index contributed by atoms with van der Waals surface area (Å²) < 4.78 is 2.61. The van der Waals surface area contributed by atoms with E-state index in [0.717, 1.165) is 17.7 Å². The summed E-state index contributed by atoms with van der Waals surface area (Å²) in [7, 11) is 0. The van der Waals surface area contributed by atoms with Crippen molar-refractivity contribution >= 4 is 53.1 Å². The van der Waals surface area contributed by atoms with Gasteiger partial charge in [0, 0.05) is 55.8 Å². The number of nitrogens with zero attached hydrogens (tertiary/aromatic N) is 2. The number of benzene rings is 6. The number of pyridine rings is 2. The minimum absolute atomic E-state index is 0.246. The molecule has 3 heterocycles. The summed E-state index contributed by atoms with van der Waals surface area (Å²) in [5.74, 6) is 0.246. The number of hydrogen-bond acceptors (Lipinski definition) is 3. The monoisotopic (exact) mass is 646 g/mol. The highest BCUT2D eigenvalue weighted by atomic mass is 32.1. The Morgan fingerprint density at radius 2 is 1.22 bits per heavy atom. The number of fused-ring (bicyclic) bond motifs is 5. The van der Waals surface area contributed by atoms with Crippen molar-refractivity contribution in [3.63, 3.8) is 0 Å². The minimum Gasteiger partial charge on any atom is -0.264 e. The van der Waals surface area contributed by atoms with Gasteiger partial charge < -0.3 is 0 Å². The number of aromatic nitrogens is 2. The third kappa shape index (κ3) is 4.76. The van der Waals surface area contributed by atoms with Crippen LogP contribution in [0.2, 0.25) is 0 Å². The first-order valence-electron chi connectivity index (χ1n) is 17.0. The second kappa shape index (κ2) is 12.1. The Morgan fingerprint density at radius 1 is 0.571 bits per heavy atom. The van der Waals surface area contributed by atoms with Crippen molar-refractivity contribution in [3.05, 3.63) is 169 Å². The van der Waals surface area contributed by atoms with Crippen LogP contribution in [0.4, 0.5) is 0 Å². The normalized spacial score (nSPS) is 12.3. The van der Waals surface area contributed by atoms with E-state index in [0.29, 0.717) is 0 Å². The maximum absolute atomic E-state index is 5.25. The zero-order valence-corrected chi connectivity index (χ0v) is 28.3. The molecule has 1 atom stereocenters. The largest absolute Gasteiger partial charge is 0.264 e. The van der Waals surface area contributed by atoms with Crippen LogP contribution in [0, 0.1) is 6.92 Å². The predicted molar refractivity (Wildman–Crippen MR) is 210 cm³/mol. The highest BCUT2D eigenvalue weighted by Crippen LogP contribution is 2.49. The first kappa shape index (κ1) is 29.5. The summed E-state index contributed by atoms with van der Waals surface area (Å²) in [6.45, 7) is 4.57. The molecule has 3 aromatic heterocycles. The van der Waals surface area contributed by atoms with Crippen molar-refractivity contribution in [2.45, 2.75) is 26.2 Å². The van der Waals surface area contributed by atoms with E-state index < -0.39 is 0 Å². The Labute approximate surface area is 290 Å². The molecule has 0 aliphatic rings. The summed E-state index contributed by atoms with van der Waals surface area (Å²) in [6, 6.07) is 48.6. The van der Waals surface area contributed by atoms with Crippen molar-refractivity contribution < 1.29 is 0 Å². The average molecular weight is 647 g/mol. The molecular weight excluding hydrogens is 613 g/mol. The van der Waals surface area contributed by atoms with E-state index in [4.69, 9.17) is 4.98 Å². The van der Waals surface area contributed by atoms with E-state index in [1.807, 2.05) is 36.0 Å². The molecule has 6 aromatic carbocycles. The summed E-state index contributed by atoms with van der Waals surface area (Å²) in [6.07, 6.45) is 6.84. The van der Waals surface area contributed by atoms with Gasteiger partial charge in [0.05, 0.1) is 5.69 Å². The van der Waals surface area contributed by atoms with Crippen LogP contribution in [0.25, 0.3) is 75.2 Å². The van der Waals surface area contributed by atoms with Crippen molar-refractivity contribution in [1.82, 2.24) is 9.97 Å². The number of rotatable bonds is 6. The maximum atomic E-state index is 5.25. The fourth-order valence-electron chi connectivity index (χ4n) is 7.96. The van der Waals surface area contributed by atoms with E-state index in [2.05, 4.69) is 146 Å². The van der Waals surface area contributed by atoms with Crippen LogP contribution in [0.3, 0.4) is 0 Å². The lowest BCUT2D eigenvalue weighted by Crippen LogP contribution is -2.04. The fourth-order valence-corrected chi connectivity index (χ4v) is 9.22. The van der Waals surface area contributed by atoms with Gasteiger partial charge in [0.15, 0.2) is 0 Å². The van der Waals surface area contributed by atoms with Crippen molar-refractivity contribution in [2.75, 3.05) is 0 Å². The van der Waals surface area contributed by atoms with Gasteiger partial charge in [-0.1, -0.05) is 122 Å². The third-order valence-electron chi connectivity index (χ3n) is 10.2. The van der Waals surface area contributed by atoms with Crippen LogP contribution in [0.1, 0.15) is 36.0 Å². The molecular formula is C46H34N2S. The molecule has 0 aliphatic carbocycles. The Hall–Kier alpha value is -5.64. The van der Waals surface area contributed by atoms with Gasteiger partial charge in [0.25, 0.3) is 0 Å². The van der Waals surface area contributed by atoms with Gasteiger partial charge in [-0.05, 0) is 86.5 Å². The summed E-state index contributed by atoms with van der Waals surface area (Å²) in [5.41, 5.74) is 11.0. The third-order valence-corrected chi connectivity index (χ3v) is 11.4. The van der Waals surface area contributed by atoms with Gasteiger partial charge in [-0.2, -0.15) is 0 Å². The Balaban J connectivity index is 1.37. The zero-order chi connectivity index (χ0) is 32.9. The molecule has 3 heteroatoms. The molecule has 0 N–H and O–H groups in total. The smallest absolute Gasteiger partial charge is 0.0754 e. The molecule has 0 amide bonds. The van der Waals surface area contributed by atoms with Crippen molar-refractivity contribution in [1.29, 1.82) is 0 Å².